The lowest BCUT2D eigenvalue weighted by Crippen LogP contribution is -2.43. The summed E-state index contributed by atoms with van der Waals surface area (Å²) in [7, 11) is -5.59. The average molecular weight is 595 g/mol. The van der Waals surface area contributed by atoms with Crippen LogP contribution in [-0.2, 0) is 27.7 Å². The van der Waals surface area contributed by atoms with Gasteiger partial charge in [0.1, 0.15) is 11.2 Å². The van der Waals surface area contributed by atoms with Crippen LogP contribution in [0.5, 0.6) is 0 Å². The fraction of sp³-hybridized carbons (Fsp3) is 0.231. The Morgan fingerprint density at radius 3 is 2.23 bits per heavy atom. The first-order valence-electron chi connectivity index (χ1n) is 11.7. The zero-order valence-electron chi connectivity index (χ0n) is 21.1. The van der Waals surface area contributed by atoms with Crippen molar-refractivity contribution in [2.24, 2.45) is 0 Å². The number of nitrogens with one attached hydrogen (secondary N) is 1. The number of hydrogen-bond acceptors (Lipinski definition) is 6. The Morgan fingerprint density at radius 1 is 1.00 bits per heavy atom. The fourth-order valence-corrected chi connectivity index (χ4v) is 4.88. The zero-order valence-corrected chi connectivity index (χ0v) is 22.6. The highest BCUT2D eigenvalue weighted by atomic mass is 35.5. The van der Waals surface area contributed by atoms with Crippen LogP contribution in [0.15, 0.2) is 71.8 Å². The average Bonchev–Trinajstić information content (AvgIpc) is 3.06. The third-order valence-corrected chi connectivity index (χ3v) is 8.05. The third kappa shape index (κ3) is 5.52. The number of imide groups is 1. The highest BCUT2D eigenvalue weighted by molar-refractivity contribution is 7.92. The predicted molar refractivity (Wildman–Crippen MR) is 139 cm³/mol. The molecule has 0 saturated carbocycles. The maximum atomic E-state index is 13.3. The molecule has 9 nitrogen and oxygen atoms in total. The largest absolute Gasteiger partial charge is 0.501 e. The number of aromatic nitrogens is 1. The second-order valence-electron chi connectivity index (χ2n) is 9.37. The zero-order chi connectivity index (χ0) is 29.5. The monoisotopic (exact) mass is 594 g/mol. The Bertz CT molecular complexity index is 1580. The molecule has 4 amide bonds. The van der Waals surface area contributed by atoms with E-state index >= 15 is 0 Å². The second kappa shape index (κ2) is 10.5. The molecule has 2 heterocycles. The van der Waals surface area contributed by atoms with Crippen molar-refractivity contribution in [3.05, 3.63) is 88.7 Å². The van der Waals surface area contributed by atoms with E-state index in [4.69, 9.17) is 11.6 Å². The van der Waals surface area contributed by atoms with E-state index in [9.17, 15) is 36.0 Å². The van der Waals surface area contributed by atoms with Crippen LogP contribution in [0.4, 0.5) is 23.7 Å². The summed E-state index contributed by atoms with van der Waals surface area (Å²) in [6.45, 7) is 3.13. The lowest BCUT2D eigenvalue weighted by atomic mass is 10.0. The molecule has 0 radical (unpaired) electrons. The number of amides is 4. The quantitative estimate of drug-likeness (QED) is 0.396. The summed E-state index contributed by atoms with van der Waals surface area (Å²) in [5, 5.41) is 3.30. The molecule has 0 unspecified atom stereocenters. The van der Waals surface area contributed by atoms with Gasteiger partial charge in [0, 0.05) is 24.3 Å². The maximum Gasteiger partial charge on any atom is 0.501 e. The van der Waals surface area contributed by atoms with E-state index < -0.39 is 43.6 Å². The molecule has 4 rings (SSSR count). The minimum atomic E-state index is -5.59. The summed E-state index contributed by atoms with van der Waals surface area (Å²) in [4.78, 5) is 44.2. The maximum absolute atomic E-state index is 13.3. The molecule has 1 saturated heterocycles. The summed E-state index contributed by atoms with van der Waals surface area (Å²) in [5.74, 6) is -1.13. The van der Waals surface area contributed by atoms with Crippen LogP contribution in [0.1, 0.15) is 35.5 Å². The Hall–Kier alpha value is -3.97. The van der Waals surface area contributed by atoms with Gasteiger partial charge in [-0.15, -0.1) is 0 Å². The van der Waals surface area contributed by atoms with Gasteiger partial charge in [-0.1, -0.05) is 23.7 Å². The Balaban J connectivity index is 1.51. The van der Waals surface area contributed by atoms with Crippen LogP contribution in [-0.4, -0.2) is 47.2 Å². The molecule has 3 aromatic rings. The van der Waals surface area contributed by atoms with Gasteiger partial charge in [-0.3, -0.25) is 14.6 Å². The molecule has 0 atom stereocenters. The highest BCUT2D eigenvalue weighted by Gasteiger charge is 2.52. The van der Waals surface area contributed by atoms with E-state index in [1.807, 2.05) is 0 Å². The molecule has 1 aromatic heterocycles. The summed E-state index contributed by atoms with van der Waals surface area (Å²) in [6.07, 6.45) is 1.39. The standard InChI is InChI=1S/C26H22ClF3N4O5S/c1-25(2)23(36)34(19-7-9-20(10-8-19)40(38,39)26(28,29)30)24(37)33(25)15-17-11-12-31-21(13-17)22(35)32-14-16-3-5-18(27)6-4-16/h3-13H,14-15H2,1-2H3,(H,32,35). The number of pyridine rings is 1. The molecule has 14 heteroatoms. The van der Waals surface area contributed by atoms with Crippen LogP contribution in [0.2, 0.25) is 5.02 Å². The molecule has 1 fully saturated rings. The van der Waals surface area contributed by atoms with Crippen molar-refractivity contribution in [3.8, 4) is 0 Å². The van der Waals surface area contributed by atoms with Crippen molar-refractivity contribution in [2.75, 3.05) is 4.90 Å². The molecule has 40 heavy (non-hydrogen) atoms. The van der Waals surface area contributed by atoms with E-state index in [0.717, 1.165) is 22.6 Å². The molecule has 210 valence electrons. The van der Waals surface area contributed by atoms with Gasteiger partial charge in [0.15, 0.2) is 0 Å². The highest BCUT2D eigenvalue weighted by Crippen LogP contribution is 2.35. The predicted octanol–water partition coefficient (Wildman–Crippen LogP) is 4.71. The fourth-order valence-electron chi connectivity index (χ4n) is 3.99. The van der Waals surface area contributed by atoms with Crippen molar-refractivity contribution in [2.45, 2.75) is 42.9 Å². The molecular formula is C26H22ClF3N4O5S. The molecule has 0 spiro atoms. The number of benzene rings is 2. The number of anilines is 1. The number of sulfone groups is 1. The van der Waals surface area contributed by atoms with Gasteiger partial charge < -0.3 is 10.2 Å². The number of nitrogens with zero attached hydrogens (tertiary/aromatic N) is 3. The first-order chi connectivity index (χ1) is 18.6. The van der Waals surface area contributed by atoms with Gasteiger partial charge in [0.25, 0.3) is 21.7 Å². The van der Waals surface area contributed by atoms with Gasteiger partial charge >= 0.3 is 11.5 Å². The number of alkyl halides is 3. The minimum Gasteiger partial charge on any atom is -0.347 e. The van der Waals surface area contributed by atoms with Crippen LogP contribution < -0.4 is 10.2 Å². The Labute approximate surface area is 232 Å². The molecule has 2 aromatic carbocycles. The number of urea groups is 1. The molecule has 1 N–H and O–H groups in total. The van der Waals surface area contributed by atoms with Crippen LogP contribution >= 0.6 is 11.6 Å². The summed E-state index contributed by atoms with van der Waals surface area (Å²) < 4.78 is 61.9. The van der Waals surface area contributed by atoms with E-state index in [1.54, 1.807) is 30.3 Å². The number of carbonyl (C=O) groups excluding carboxylic acids is 3. The van der Waals surface area contributed by atoms with Crippen molar-refractivity contribution >= 4 is 45.0 Å². The van der Waals surface area contributed by atoms with Crippen molar-refractivity contribution in [1.29, 1.82) is 0 Å². The van der Waals surface area contributed by atoms with E-state index in [-0.39, 0.29) is 24.5 Å². The number of hydrogen-bond donors (Lipinski definition) is 1. The van der Waals surface area contributed by atoms with Gasteiger partial charge in [0.2, 0.25) is 0 Å². The normalized spacial score (nSPS) is 15.4. The van der Waals surface area contributed by atoms with Gasteiger partial charge in [0.05, 0.1) is 10.6 Å². The topological polar surface area (TPSA) is 117 Å². The molecule has 1 aliphatic heterocycles. The van der Waals surface area contributed by atoms with E-state index in [0.29, 0.717) is 22.7 Å². The molecule has 1 aliphatic rings. The first-order valence-corrected chi connectivity index (χ1v) is 13.5. The van der Waals surface area contributed by atoms with Gasteiger partial charge in [-0.05, 0) is 73.5 Å². The Morgan fingerprint density at radius 2 is 1.62 bits per heavy atom. The van der Waals surface area contributed by atoms with E-state index in [2.05, 4.69) is 10.3 Å². The van der Waals surface area contributed by atoms with Crippen molar-refractivity contribution in [1.82, 2.24) is 15.2 Å². The second-order valence-corrected chi connectivity index (χ2v) is 11.7. The summed E-state index contributed by atoms with van der Waals surface area (Å²) in [5.41, 5.74) is -5.56. The lowest BCUT2D eigenvalue weighted by molar-refractivity contribution is -0.123. The molecule has 0 bridgehead atoms. The number of halogens is 4. The first kappa shape index (κ1) is 29.0. The van der Waals surface area contributed by atoms with Crippen LogP contribution in [0.3, 0.4) is 0 Å². The molecule has 0 aliphatic carbocycles. The SMILES string of the molecule is CC1(C)C(=O)N(c2ccc(S(=O)(=O)C(F)(F)F)cc2)C(=O)N1Cc1ccnc(C(=O)NCc2ccc(Cl)cc2)c1. The summed E-state index contributed by atoms with van der Waals surface area (Å²) >= 11 is 5.87. The number of rotatable bonds is 7. The number of carbonyl (C=O) groups is 3. The van der Waals surface area contributed by atoms with Crippen molar-refractivity contribution < 1.29 is 36.0 Å². The van der Waals surface area contributed by atoms with E-state index in [1.165, 1.54) is 31.0 Å². The van der Waals surface area contributed by atoms with Crippen molar-refractivity contribution in [3.63, 3.8) is 0 Å². The third-order valence-electron chi connectivity index (χ3n) is 6.30. The Kier molecular flexibility index (Phi) is 7.65. The smallest absolute Gasteiger partial charge is 0.347 e. The van der Waals surface area contributed by atoms with Gasteiger partial charge in [-0.2, -0.15) is 13.2 Å². The summed E-state index contributed by atoms with van der Waals surface area (Å²) in [6, 6.07) is 12.5. The van der Waals surface area contributed by atoms with Gasteiger partial charge in [-0.25, -0.2) is 18.1 Å². The van der Waals surface area contributed by atoms with Crippen LogP contribution in [0, 0.1) is 0 Å². The molecular weight excluding hydrogens is 573 g/mol. The lowest BCUT2D eigenvalue weighted by Gasteiger charge is -2.27. The minimum absolute atomic E-state index is 0.0839. The van der Waals surface area contributed by atoms with Crippen LogP contribution in [0.25, 0.3) is 0 Å².